The molecule has 3 rings (SSSR count). The van der Waals surface area contributed by atoms with Gasteiger partial charge in [0.15, 0.2) is 6.54 Å². The maximum atomic E-state index is 12.1. The number of rotatable bonds is 5. The average Bonchev–Trinajstić information content (AvgIpc) is 3.07. The Bertz CT molecular complexity index is 897. The minimum absolute atomic E-state index is 0.183. The molecule has 25 heavy (non-hydrogen) atoms. The van der Waals surface area contributed by atoms with Crippen LogP contribution in [0.25, 0.3) is 0 Å². The van der Waals surface area contributed by atoms with Crippen molar-refractivity contribution >= 4 is 34.9 Å². The van der Waals surface area contributed by atoms with E-state index in [1.54, 1.807) is 10.9 Å². The molecule has 1 aliphatic rings. The molecule has 0 aliphatic heterocycles. The van der Waals surface area contributed by atoms with Crippen molar-refractivity contribution in [2.24, 2.45) is 0 Å². The summed E-state index contributed by atoms with van der Waals surface area (Å²) in [5, 5.41) is 23.9. The number of thioether (sulfide) groups is 1. The topological polar surface area (TPSA) is 107 Å². The van der Waals surface area contributed by atoms with Gasteiger partial charge in [-0.15, -0.1) is 23.1 Å². The lowest BCUT2D eigenvalue weighted by atomic mass is 9.91. The van der Waals surface area contributed by atoms with Crippen molar-refractivity contribution in [3.8, 4) is 6.07 Å². The molecule has 0 spiro atoms. The van der Waals surface area contributed by atoms with Crippen LogP contribution in [0.2, 0.25) is 0 Å². The fourth-order valence-corrected chi connectivity index (χ4v) is 4.97. The predicted octanol–water partition coefficient (Wildman–Crippen LogP) is 2.00. The highest BCUT2D eigenvalue weighted by molar-refractivity contribution is 8.01. The third-order valence-electron chi connectivity index (χ3n) is 3.98. The summed E-state index contributed by atoms with van der Waals surface area (Å²) in [6.07, 6.45) is 5.51. The maximum absolute atomic E-state index is 12.1. The number of anilines is 1. The van der Waals surface area contributed by atoms with Crippen LogP contribution in [-0.4, -0.2) is 16.9 Å². The van der Waals surface area contributed by atoms with Crippen LogP contribution in [0.5, 0.6) is 0 Å². The average molecular weight is 376 g/mol. The van der Waals surface area contributed by atoms with E-state index in [4.69, 9.17) is 9.93 Å². The van der Waals surface area contributed by atoms with E-state index in [2.05, 4.69) is 16.7 Å². The molecule has 0 atom stereocenters. The van der Waals surface area contributed by atoms with Gasteiger partial charge in [-0.2, -0.15) is 5.26 Å². The van der Waals surface area contributed by atoms with Gasteiger partial charge in [0.1, 0.15) is 10.7 Å². The van der Waals surface area contributed by atoms with Gasteiger partial charge in [-0.05, 0) is 43.7 Å². The number of carbonyl (C=O) groups is 1. The van der Waals surface area contributed by atoms with Gasteiger partial charge < -0.3 is 0 Å². The Balaban J connectivity index is 1.73. The maximum Gasteiger partial charge on any atom is 0.302 e. The first-order valence-electron chi connectivity index (χ1n) is 8.05. The number of aromatic nitrogens is 2. The lowest BCUT2D eigenvalue weighted by molar-refractivity contribution is -0.759. The highest BCUT2D eigenvalue weighted by atomic mass is 32.2. The number of hydrogen-bond acceptors (Lipinski definition) is 7. The zero-order chi connectivity index (χ0) is 17.8. The summed E-state index contributed by atoms with van der Waals surface area (Å²) in [6.45, 7) is 2.59. The number of amides is 1. The second-order valence-corrected chi connectivity index (χ2v) is 7.89. The molecule has 2 N–H and O–H groups in total. The molecule has 0 fully saturated rings. The summed E-state index contributed by atoms with van der Waals surface area (Å²) in [5.74, 6) is 0.359. The van der Waals surface area contributed by atoms with Crippen LogP contribution < -0.4 is 14.7 Å². The van der Waals surface area contributed by atoms with E-state index in [-0.39, 0.29) is 16.3 Å². The van der Waals surface area contributed by atoms with Crippen molar-refractivity contribution in [2.75, 3.05) is 11.1 Å². The number of fused-ring (bicyclic) bond motifs is 1. The fraction of sp³-hybridized carbons (Fsp3) is 0.438. The summed E-state index contributed by atoms with van der Waals surface area (Å²) >= 11 is 2.70. The number of nitrogens with one attached hydrogen (secondary N) is 2. The molecule has 1 amide bonds. The number of hydrogen-bond donors (Lipinski definition) is 2. The molecular weight excluding hydrogens is 358 g/mol. The van der Waals surface area contributed by atoms with Gasteiger partial charge in [-0.25, -0.2) is 0 Å². The number of carbonyl (C=O) groups excluding carboxylic acids is 1. The molecule has 2 aromatic rings. The van der Waals surface area contributed by atoms with Crippen molar-refractivity contribution in [1.29, 1.82) is 10.7 Å². The Hall–Kier alpha value is -2.18. The zero-order valence-corrected chi connectivity index (χ0v) is 15.4. The van der Waals surface area contributed by atoms with Crippen molar-refractivity contribution < 1.29 is 14.0 Å². The Morgan fingerprint density at radius 2 is 2.28 bits per heavy atom. The number of nitriles is 1. The first-order chi connectivity index (χ1) is 12.1. The van der Waals surface area contributed by atoms with Crippen LogP contribution in [0, 0.1) is 16.7 Å². The van der Waals surface area contributed by atoms with Crippen LogP contribution in [0.15, 0.2) is 14.9 Å². The zero-order valence-electron chi connectivity index (χ0n) is 13.8. The van der Waals surface area contributed by atoms with Gasteiger partial charge in [0.05, 0.1) is 15.5 Å². The Kier molecular flexibility index (Phi) is 5.50. The molecule has 1 aliphatic carbocycles. The van der Waals surface area contributed by atoms with Gasteiger partial charge in [0.2, 0.25) is 11.2 Å². The van der Waals surface area contributed by atoms with E-state index in [0.29, 0.717) is 18.0 Å². The predicted molar refractivity (Wildman–Crippen MR) is 93.3 cm³/mol. The standard InChI is InChI=1S/C16H17N5O2S2/c1-2-21-8-14(23-20-21)19-13(22)9-24-16-11-6-4-3-5-10(11)12(7-17)15(18)25-16/h8,18H,2-6,9H2,1H3/p+1. The van der Waals surface area contributed by atoms with Crippen LogP contribution in [-0.2, 0) is 24.2 Å². The molecule has 2 aromatic heterocycles. The Morgan fingerprint density at radius 3 is 2.96 bits per heavy atom. The Labute approximate surface area is 153 Å². The second kappa shape index (κ2) is 7.80. The second-order valence-electron chi connectivity index (χ2n) is 5.63. The largest absolute Gasteiger partial charge is 0.302 e. The van der Waals surface area contributed by atoms with Crippen LogP contribution >= 0.6 is 23.1 Å². The SMILES string of the molecule is CC[n+]1cc(NC(=O)CSc2sc(=N)c(C#N)c3c2CCCC3)on1. The highest BCUT2D eigenvalue weighted by Crippen LogP contribution is 2.34. The molecule has 9 heteroatoms. The van der Waals surface area contributed by atoms with E-state index in [1.165, 1.54) is 23.1 Å². The van der Waals surface area contributed by atoms with E-state index in [1.807, 2.05) is 6.92 Å². The molecule has 0 aromatic carbocycles. The van der Waals surface area contributed by atoms with Gasteiger partial charge in [-0.1, -0.05) is 4.68 Å². The molecular formula is C16H18N5O2S2+. The van der Waals surface area contributed by atoms with Crippen LogP contribution in [0.3, 0.4) is 0 Å². The van der Waals surface area contributed by atoms with E-state index < -0.39 is 0 Å². The van der Waals surface area contributed by atoms with Gasteiger partial charge in [0, 0.05) is 0 Å². The van der Waals surface area contributed by atoms with E-state index >= 15 is 0 Å². The molecule has 0 saturated carbocycles. The van der Waals surface area contributed by atoms with E-state index in [0.717, 1.165) is 41.0 Å². The summed E-state index contributed by atoms with van der Waals surface area (Å²) in [5.41, 5.74) is 2.64. The van der Waals surface area contributed by atoms with Crippen molar-refractivity contribution in [2.45, 2.75) is 43.4 Å². The van der Waals surface area contributed by atoms with Crippen molar-refractivity contribution in [3.05, 3.63) is 27.6 Å². The molecule has 2 heterocycles. The summed E-state index contributed by atoms with van der Waals surface area (Å²) < 4.78 is 7.87. The third-order valence-corrected chi connectivity index (χ3v) is 6.34. The summed E-state index contributed by atoms with van der Waals surface area (Å²) in [4.78, 5) is 12.1. The molecule has 0 radical (unpaired) electrons. The van der Waals surface area contributed by atoms with Gasteiger partial charge in [-0.3, -0.25) is 20.0 Å². The number of nitrogens with zero attached hydrogens (tertiary/aromatic N) is 3. The molecule has 130 valence electrons. The van der Waals surface area contributed by atoms with Gasteiger partial charge in [0.25, 0.3) is 6.20 Å². The monoisotopic (exact) mass is 376 g/mol. The van der Waals surface area contributed by atoms with Crippen LogP contribution in [0.1, 0.15) is 36.5 Å². The van der Waals surface area contributed by atoms with E-state index in [9.17, 15) is 10.1 Å². The quantitative estimate of drug-likeness (QED) is 0.613. The molecule has 0 saturated heterocycles. The van der Waals surface area contributed by atoms with Crippen molar-refractivity contribution in [3.63, 3.8) is 0 Å². The smallest absolute Gasteiger partial charge is 0.289 e. The minimum atomic E-state index is -0.183. The molecule has 0 bridgehead atoms. The highest BCUT2D eigenvalue weighted by Gasteiger charge is 2.21. The lowest BCUT2D eigenvalue weighted by Gasteiger charge is -2.19. The minimum Gasteiger partial charge on any atom is -0.289 e. The Morgan fingerprint density at radius 1 is 1.52 bits per heavy atom. The first kappa shape index (κ1) is 17.6. The van der Waals surface area contributed by atoms with Gasteiger partial charge >= 0.3 is 5.88 Å². The van der Waals surface area contributed by atoms with Crippen LogP contribution in [0.4, 0.5) is 5.88 Å². The lowest BCUT2D eigenvalue weighted by Crippen LogP contribution is -2.32. The number of aryl methyl sites for hydroxylation is 1. The van der Waals surface area contributed by atoms with Crippen molar-refractivity contribution in [1.82, 2.24) is 5.27 Å². The summed E-state index contributed by atoms with van der Waals surface area (Å²) in [7, 11) is 0. The third kappa shape index (κ3) is 3.91. The molecule has 0 unspecified atom stereocenters. The molecule has 7 nitrogen and oxygen atoms in total. The first-order valence-corrected chi connectivity index (χ1v) is 9.85. The normalized spacial score (nSPS) is 13.1. The fourth-order valence-electron chi connectivity index (χ4n) is 2.77. The summed E-state index contributed by atoms with van der Waals surface area (Å²) in [6, 6.07) is 2.17.